The Labute approximate surface area is 123 Å². The van der Waals surface area contributed by atoms with Crippen LogP contribution >= 0.6 is 11.6 Å². The van der Waals surface area contributed by atoms with Gasteiger partial charge in [-0.15, -0.1) is 0 Å². The van der Waals surface area contributed by atoms with E-state index < -0.39 is 11.9 Å². The van der Waals surface area contributed by atoms with Crippen LogP contribution in [-0.2, 0) is 0 Å². The molecule has 0 amide bonds. The number of nitrogens with two attached hydrogens (primary N) is 1. The minimum atomic E-state index is -0.609. The summed E-state index contributed by atoms with van der Waals surface area (Å²) in [4.78, 5) is 0. The van der Waals surface area contributed by atoms with Crippen molar-refractivity contribution in [2.45, 2.75) is 19.4 Å². The molecule has 106 valence electrons. The Kier molecular flexibility index (Phi) is 4.99. The van der Waals surface area contributed by atoms with Gasteiger partial charge in [-0.1, -0.05) is 48.9 Å². The summed E-state index contributed by atoms with van der Waals surface area (Å²) >= 11 is 5.81. The lowest BCUT2D eigenvalue weighted by Gasteiger charge is -2.18. The second-order valence-corrected chi connectivity index (χ2v) is 4.91. The highest BCUT2D eigenvalue weighted by molar-refractivity contribution is 6.30. The number of halogens is 2. The summed E-state index contributed by atoms with van der Waals surface area (Å²) in [5.41, 5.74) is 7.30. The zero-order valence-corrected chi connectivity index (χ0v) is 12.0. The fourth-order valence-electron chi connectivity index (χ4n) is 2.01. The maximum atomic E-state index is 14.1. The Bertz CT molecular complexity index is 588. The van der Waals surface area contributed by atoms with Gasteiger partial charge in [0.1, 0.15) is 11.6 Å². The lowest BCUT2D eigenvalue weighted by molar-refractivity contribution is 0.313. The SMILES string of the molecule is CCCOc1ccccc1C(N)c1cccc(Cl)c1F. The Morgan fingerprint density at radius 2 is 1.85 bits per heavy atom. The first-order valence-corrected chi connectivity index (χ1v) is 6.94. The van der Waals surface area contributed by atoms with Crippen LogP contribution in [0.5, 0.6) is 5.75 Å². The maximum Gasteiger partial charge on any atom is 0.146 e. The molecule has 0 radical (unpaired) electrons. The van der Waals surface area contributed by atoms with Gasteiger partial charge in [-0.25, -0.2) is 4.39 Å². The van der Waals surface area contributed by atoms with Crippen LogP contribution in [0, 0.1) is 5.82 Å². The average Bonchev–Trinajstić information content (AvgIpc) is 2.47. The number of ether oxygens (including phenoxy) is 1. The van der Waals surface area contributed by atoms with E-state index in [9.17, 15) is 4.39 Å². The smallest absolute Gasteiger partial charge is 0.146 e. The summed E-state index contributed by atoms with van der Waals surface area (Å²) in [6.07, 6.45) is 0.898. The molecule has 20 heavy (non-hydrogen) atoms. The van der Waals surface area contributed by atoms with Crippen molar-refractivity contribution in [2.24, 2.45) is 5.73 Å². The van der Waals surface area contributed by atoms with Gasteiger partial charge in [-0.3, -0.25) is 0 Å². The molecular weight excluding hydrogens is 277 g/mol. The Morgan fingerprint density at radius 1 is 1.15 bits per heavy atom. The quantitative estimate of drug-likeness (QED) is 0.891. The second kappa shape index (κ2) is 6.73. The summed E-state index contributed by atoms with van der Waals surface area (Å²) < 4.78 is 19.7. The molecule has 0 aromatic heterocycles. The van der Waals surface area contributed by atoms with Crippen molar-refractivity contribution in [2.75, 3.05) is 6.61 Å². The highest BCUT2D eigenvalue weighted by atomic mass is 35.5. The molecule has 0 heterocycles. The molecule has 2 aromatic rings. The minimum absolute atomic E-state index is 0.0740. The van der Waals surface area contributed by atoms with E-state index in [4.69, 9.17) is 22.1 Å². The third-order valence-electron chi connectivity index (χ3n) is 3.03. The van der Waals surface area contributed by atoms with Crippen LogP contribution in [0.15, 0.2) is 42.5 Å². The Morgan fingerprint density at radius 3 is 2.60 bits per heavy atom. The van der Waals surface area contributed by atoms with Crippen LogP contribution in [0.1, 0.15) is 30.5 Å². The summed E-state index contributed by atoms with van der Waals surface area (Å²) in [6.45, 7) is 2.63. The maximum absolute atomic E-state index is 14.1. The van der Waals surface area contributed by atoms with Crippen LogP contribution in [-0.4, -0.2) is 6.61 Å². The fraction of sp³-hybridized carbons (Fsp3) is 0.250. The molecule has 0 saturated heterocycles. The molecule has 1 atom stereocenters. The first-order chi connectivity index (χ1) is 9.65. The molecular formula is C16H17ClFNO. The van der Waals surface area contributed by atoms with E-state index in [-0.39, 0.29) is 5.02 Å². The van der Waals surface area contributed by atoms with Gasteiger partial charge in [-0.2, -0.15) is 0 Å². The first kappa shape index (κ1) is 14.8. The van der Waals surface area contributed by atoms with Crippen LogP contribution in [0.25, 0.3) is 0 Å². The largest absolute Gasteiger partial charge is 0.493 e. The van der Waals surface area contributed by atoms with Crippen molar-refractivity contribution >= 4 is 11.6 Å². The number of benzene rings is 2. The van der Waals surface area contributed by atoms with E-state index in [0.717, 1.165) is 12.0 Å². The molecule has 2 N–H and O–H groups in total. The highest BCUT2D eigenvalue weighted by Crippen LogP contribution is 2.31. The van der Waals surface area contributed by atoms with Gasteiger partial charge in [0.2, 0.25) is 0 Å². The van der Waals surface area contributed by atoms with Gasteiger partial charge in [0.05, 0.1) is 17.7 Å². The van der Waals surface area contributed by atoms with Crippen molar-refractivity contribution in [3.05, 3.63) is 64.4 Å². The van der Waals surface area contributed by atoms with E-state index in [1.165, 1.54) is 6.07 Å². The Hall–Kier alpha value is -1.58. The van der Waals surface area contributed by atoms with Crippen molar-refractivity contribution < 1.29 is 9.13 Å². The van der Waals surface area contributed by atoms with Crippen LogP contribution in [0.4, 0.5) is 4.39 Å². The lowest BCUT2D eigenvalue weighted by Crippen LogP contribution is -2.15. The molecule has 1 unspecified atom stereocenters. The summed E-state index contributed by atoms with van der Waals surface area (Å²) in [7, 11) is 0. The van der Waals surface area contributed by atoms with Crippen molar-refractivity contribution in [3.8, 4) is 5.75 Å². The third-order valence-corrected chi connectivity index (χ3v) is 3.32. The molecule has 0 spiro atoms. The zero-order valence-electron chi connectivity index (χ0n) is 11.3. The van der Waals surface area contributed by atoms with Crippen LogP contribution < -0.4 is 10.5 Å². The monoisotopic (exact) mass is 293 g/mol. The highest BCUT2D eigenvalue weighted by Gasteiger charge is 2.18. The number of hydrogen-bond acceptors (Lipinski definition) is 2. The van der Waals surface area contributed by atoms with Gasteiger partial charge < -0.3 is 10.5 Å². The third kappa shape index (κ3) is 3.11. The van der Waals surface area contributed by atoms with Gasteiger partial charge in [-0.05, 0) is 18.6 Å². The molecule has 0 aliphatic heterocycles. The molecule has 4 heteroatoms. The first-order valence-electron chi connectivity index (χ1n) is 6.56. The molecule has 2 nitrogen and oxygen atoms in total. The predicted octanol–water partition coefficient (Wildman–Crippen LogP) is 4.32. The van der Waals surface area contributed by atoms with E-state index in [1.54, 1.807) is 12.1 Å². The summed E-state index contributed by atoms with van der Waals surface area (Å²) in [5, 5.41) is 0.0740. The molecule has 2 rings (SSSR count). The van der Waals surface area contributed by atoms with Crippen molar-refractivity contribution in [1.82, 2.24) is 0 Å². The van der Waals surface area contributed by atoms with E-state index >= 15 is 0 Å². The minimum Gasteiger partial charge on any atom is -0.493 e. The topological polar surface area (TPSA) is 35.2 Å². The van der Waals surface area contributed by atoms with E-state index in [0.29, 0.717) is 17.9 Å². The zero-order chi connectivity index (χ0) is 14.5. The molecule has 0 aliphatic rings. The fourth-order valence-corrected chi connectivity index (χ4v) is 2.19. The van der Waals surface area contributed by atoms with Gasteiger partial charge in [0, 0.05) is 11.1 Å². The van der Waals surface area contributed by atoms with Crippen LogP contribution in [0.2, 0.25) is 5.02 Å². The van der Waals surface area contributed by atoms with Crippen LogP contribution in [0.3, 0.4) is 0 Å². The lowest BCUT2D eigenvalue weighted by atomic mass is 9.98. The van der Waals surface area contributed by atoms with Gasteiger partial charge in [0.25, 0.3) is 0 Å². The number of para-hydroxylation sites is 1. The number of hydrogen-bond donors (Lipinski definition) is 1. The van der Waals surface area contributed by atoms with Crippen molar-refractivity contribution in [1.29, 1.82) is 0 Å². The summed E-state index contributed by atoms with van der Waals surface area (Å²) in [5.74, 6) is 0.202. The molecule has 0 bridgehead atoms. The Balaban J connectivity index is 2.38. The molecule has 2 aromatic carbocycles. The molecule has 0 aliphatic carbocycles. The van der Waals surface area contributed by atoms with Gasteiger partial charge >= 0.3 is 0 Å². The number of rotatable bonds is 5. The van der Waals surface area contributed by atoms with E-state index in [1.807, 2.05) is 31.2 Å². The molecule has 0 saturated carbocycles. The van der Waals surface area contributed by atoms with Gasteiger partial charge in [0.15, 0.2) is 0 Å². The normalized spacial score (nSPS) is 12.2. The average molecular weight is 294 g/mol. The predicted molar refractivity (Wildman–Crippen MR) is 79.7 cm³/mol. The van der Waals surface area contributed by atoms with E-state index in [2.05, 4.69) is 0 Å². The standard InChI is InChI=1S/C16H17ClFNO/c1-2-10-20-14-9-4-3-6-11(14)16(19)12-7-5-8-13(17)15(12)18/h3-9,16H,2,10,19H2,1H3. The van der Waals surface area contributed by atoms with Crippen molar-refractivity contribution in [3.63, 3.8) is 0 Å². The molecule has 0 fully saturated rings. The second-order valence-electron chi connectivity index (χ2n) is 4.51. The summed E-state index contributed by atoms with van der Waals surface area (Å²) in [6, 6.07) is 11.6.